The van der Waals surface area contributed by atoms with Crippen LogP contribution in [0.5, 0.6) is 23.0 Å². The summed E-state index contributed by atoms with van der Waals surface area (Å²) in [6, 6.07) is 7.66. The second-order valence-electron chi connectivity index (χ2n) is 8.34. The molecule has 0 aliphatic carbocycles. The Morgan fingerprint density at radius 1 is 1.08 bits per heavy atom. The second kappa shape index (κ2) is 12.8. The van der Waals surface area contributed by atoms with Crippen LogP contribution < -0.4 is 35.7 Å². The van der Waals surface area contributed by atoms with Gasteiger partial charge in [-0.3, -0.25) is 5.41 Å². The monoisotopic (exact) mass is 518 g/mol. The number of methoxy groups -OCH3 is 3. The molecule has 2 aromatic carbocycles. The Morgan fingerprint density at radius 2 is 1.76 bits per heavy atom. The molecule has 37 heavy (non-hydrogen) atoms. The van der Waals surface area contributed by atoms with E-state index in [0.29, 0.717) is 36.0 Å². The Morgan fingerprint density at radius 3 is 2.38 bits per heavy atom. The minimum atomic E-state index is -0.990. The molecule has 0 saturated carbocycles. The van der Waals surface area contributed by atoms with Crippen molar-refractivity contribution in [2.45, 2.75) is 37.8 Å². The van der Waals surface area contributed by atoms with Gasteiger partial charge in [0, 0.05) is 18.0 Å². The quantitative estimate of drug-likeness (QED) is 0.117. The van der Waals surface area contributed by atoms with E-state index in [1.54, 1.807) is 26.4 Å². The highest BCUT2D eigenvalue weighted by Gasteiger charge is 2.36. The van der Waals surface area contributed by atoms with Crippen molar-refractivity contribution in [3.8, 4) is 23.0 Å². The zero-order chi connectivity index (χ0) is 26.4. The number of hydrogen-bond acceptors (Lipinski definition) is 9. The van der Waals surface area contributed by atoms with Crippen molar-refractivity contribution < 1.29 is 38.7 Å². The van der Waals surface area contributed by atoms with E-state index in [4.69, 9.17) is 40.6 Å². The van der Waals surface area contributed by atoms with Gasteiger partial charge in [-0.15, -0.1) is 0 Å². The highest BCUT2D eigenvalue weighted by atomic mass is 16.6. The number of rotatable bonds is 10. The predicted molar refractivity (Wildman–Crippen MR) is 135 cm³/mol. The van der Waals surface area contributed by atoms with Gasteiger partial charge in [-0.2, -0.15) is 0 Å². The largest absolute Gasteiger partial charge is 0.493 e. The molecule has 12 heteroatoms. The zero-order valence-corrected chi connectivity index (χ0v) is 21.3. The summed E-state index contributed by atoms with van der Waals surface area (Å²) in [7, 11) is 4.60. The molecule has 0 saturated heterocycles. The van der Waals surface area contributed by atoms with Crippen molar-refractivity contribution in [2.75, 3.05) is 27.9 Å². The van der Waals surface area contributed by atoms with E-state index < -0.39 is 18.0 Å². The number of esters is 2. The molecule has 0 radical (unpaired) electrons. The number of carbonyl (C=O) groups is 2. The maximum Gasteiger partial charge on any atom is 0.345 e. The number of ether oxygens (including phenoxy) is 5. The molecule has 1 aliphatic rings. The minimum Gasteiger partial charge on any atom is -0.493 e. The van der Waals surface area contributed by atoms with Gasteiger partial charge in [-0.1, -0.05) is 13.0 Å². The van der Waals surface area contributed by atoms with Gasteiger partial charge in [0.05, 0.1) is 26.9 Å². The number of nitrogens with one attached hydrogen (secondary N) is 2. The van der Waals surface area contributed by atoms with Gasteiger partial charge in [0.15, 0.2) is 29.0 Å². The van der Waals surface area contributed by atoms with Crippen molar-refractivity contribution in [1.82, 2.24) is 5.32 Å². The molecule has 0 fully saturated rings. The van der Waals surface area contributed by atoms with Crippen molar-refractivity contribution >= 4 is 17.9 Å². The second-order valence-corrected chi connectivity index (χ2v) is 8.34. The van der Waals surface area contributed by atoms with Gasteiger partial charge >= 0.3 is 11.9 Å². The average molecular weight is 519 g/mol. The summed E-state index contributed by atoms with van der Waals surface area (Å²) >= 11 is 0. The average Bonchev–Trinajstić information content (AvgIpc) is 3.21. The lowest BCUT2D eigenvalue weighted by molar-refractivity contribution is -0.139. The van der Waals surface area contributed by atoms with Crippen LogP contribution in [0.1, 0.15) is 53.3 Å². The van der Waals surface area contributed by atoms with Crippen LogP contribution in [0.2, 0.25) is 0 Å². The minimum absolute atomic E-state index is 0. The molecule has 8 N–H and O–H groups in total. The van der Waals surface area contributed by atoms with E-state index >= 15 is 0 Å². The van der Waals surface area contributed by atoms with Crippen LogP contribution in [-0.2, 0) is 9.53 Å². The molecular formula is C25H34N4O8. The maximum absolute atomic E-state index is 12.8. The summed E-state index contributed by atoms with van der Waals surface area (Å²) in [6.45, 7) is 2.35. The lowest BCUT2D eigenvalue weighted by Crippen LogP contribution is -2.36. The molecule has 2 aromatic rings. The van der Waals surface area contributed by atoms with E-state index in [1.807, 2.05) is 19.1 Å². The Kier molecular flexibility index (Phi) is 10.1. The number of fused-ring (bicyclic) bond motifs is 1. The van der Waals surface area contributed by atoms with Gasteiger partial charge in [0.1, 0.15) is 12.1 Å². The van der Waals surface area contributed by atoms with Gasteiger partial charge in [-0.05, 0) is 42.7 Å². The van der Waals surface area contributed by atoms with E-state index in [2.05, 4.69) is 5.32 Å². The molecule has 3 rings (SSSR count). The lowest BCUT2D eigenvalue weighted by atomic mass is 9.91. The van der Waals surface area contributed by atoms with Crippen LogP contribution in [0.15, 0.2) is 30.3 Å². The highest BCUT2D eigenvalue weighted by Crippen LogP contribution is 2.51. The first-order valence-corrected chi connectivity index (χ1v) is 11.4. The van der Waals surface area contributed by atoms with Gasteiger partial charge in [-0.25, -0.2) is 9.59 Å². The van der Waals surface area contributed by atoms with Crippen LogP contribution in [0.4, 0.5) is 0 Å². The van der Waals surface area contributed by atoms with Crippen molar-refractivity contribution in [1.29, 1.82) is 5.41 Å². The molecule has 12 nitrogen and oxygen atoms in total. The normalized spacial score (nSPS) is 16.4. The highest BCUT2D eigenvalue weighted by molar-refractivity contribution is 5.98. The zero-order valence-electron chi connectivity index (χ0n) is 21.3. The number of guanidine groups is 1. The fourth-order valence-electron chi connectivity index (χ4n) is 4.03. The Balaban J connectivity index is 0.00000481. The standard InChI is InChI=1S/C25H32N4O7.H2O/c1-13-16-10-15(23(30)36-24(31)17(26)6-5-9-29-25(27)28)12-20(34-4)22(16)35-21(13)14-7-8-18(32-2)19(11-14)33-3;/h7-8,10-13,17,21H,5-6,9,26H2,1-4H3,(H4,27,28,29);1H2/t13?,17-,21?;/m0./s1. The van der Waals surface area contributed by atoms with Gasteiger partial charge in [0.2, 0.25) is 0 Å². The van der Waals surface area contributed by atoms with Crippen LogP contribution in [0, 0.1) is 5.41 Å². The maximum atomic E-state index is 12.8. The molecule has 2 unspecified atom stereocenters. The topological polar surface area (TPSA) is 200 Å². The smallest absolute Gasteiger partial charge is 0.345 e. The summed E-state index contributed by atoms with van der Waals surface area (Å²) in [5.41, 5.74) is 12.8. The molecule has 1 heterocycles. The Labute approximate surface area is 215 Å². The molecule has 0 spiro atoms. The molecule has 0 amide bonds. The van der Waals surface area contributed by atoms with E-state index in [1.165, 1.54) is 13.2 Å². The Bertz CT molecular complexity index is 1140. The first-order chi connectivity index (χ1) is 17.2. The number of benzene rings is 2. The van der Waals surface area contributed by atoms with Crippen molar-refractivity contribution in [2.24, 2.45) is 11.5 Å². The summed E-state index contributed by atoms with van der Waals surface area (Å²) in [5.74, 6) is 0.0542. The van der Waals surface area contributed by atoms with E-state index in [0.717, 1.165) is 11.1 Å². The third-order valence-corrected chi connectivity index (χ3v) is 5.97. The van der Waals surface area contributed by atoms with Crippen LogP contribution in [0.25, 0.3) is 0 Å². The van der Waals surface area contributed by atoms with Crippen LogP contribution in [0.3, 0.4) is 0 Å². The third kappa shape index (κ3) is 6.60. The fraction of sp³-hybridized carbons (Fsp3) is 0.400. The first-order valence-electron chi connectivity index (χ1n) is 11.4. The molecule has 3 atom stereocenters. The SMILES string of the molecule is COc1ccc(C2Oc3c(OC)cc(C(=O)OC(=O)[C@@H](N)CCCNC(=N)N)cc3C2C)cc1OC.O. The third-order valence-electron chi connectivity index (χ3n) is 5.97. The van der Waals surface area contributed by atoms with Crippen LogP contribution in [-0.4, -0.2) is 57.3 Å². The fourth-order valence-corrected chi connectivity index (χ4v) is 4.03. The first kappa shape index (κ1) is 29.2. The predicted octanol–water partition coefficient (Wildman–Crippen LogP) is 1.40. The van der Waals surface area contributed by atoms with Gasteiger partial charge in [0.25, 0.3) is 0 Å². The van der Waals surface area contributed by atoms with E-state index in [9.17, 15) is 9.59 Å². The summed E-state index contributed by atoms with van der Waals surface area (Å²) in [5, 5.41) is 9.74. The summed E-state index contributed by atoms with van der Waals surface area (Å²) in [6.07, 6.45) is 0.375. The molecular weight excluding hydrogens is 484 g/mol. The molecule has 1 aliphatic heterocycles. The Hall–Kier alpha value is -4.03. The molecule has 0 aromatic heterocycles. The van der Waals surface area contributed by atoms with Crippen molar-refractivity contribution in [3.05, 3.63) is 47.0 Å². The molecule has 0 bridgehead atoms. The lowest BCUT2D eigenvalue weighted by Gasteiger charge is -2.18. The summed E-state index contributed by atoms with van der Waals surface area (Å²) in [4.78, 5) is 25.1. The molecule has 202 valence electrons. The van der Waals surface area contributed by atoms with Crippen molar-refractivity contribution in [3.63, 3.8) is 0 Å². The number of nitrogens with two attached hydrogens (primary N) is 2. The number of carbonyl (C=O) groups excluding carboxylic acids is 2. The van der Waals surface area contributed by atoms with Crippen LogP contribution >= 0.6 is 0 Å². The number of hydrogen-bond donors (Lipinski definition) is 4. The van der Waals surface area contributed by atoms with E-state index in [-0.39, 0.29) is 35.4 Å². The van der Waals surface area contributed by atoms with Gasteiger partial charge < -0.3 is 45.9 Å². The summed E-state index contributed by atoms with van der Waals surface area (Å²) < 4.78 is 27.5.